The van der Waals surface area contributed by atoms with E-state index in [1.165, 1.54) is 0 Å². The lowest BCUT2D eigenvalue weighted by Gasteiger charge is -2.20. The summed E-state index contributed by atoms with van der Waals surface area (Å²) in [4.78, 5) is 22.8. The maximum atomic E-state index is 11.8. The maximum Gasteiger partial charge on any atom is 0.326 e. The Balaban J connectivity index is 4.42. The van der Waals surface area contributed by atoms with Crippen molar-refractivity contribution in [3.8, 4) is 0 Å². The molecule has 0 saturated carbocycles. The molecule has 0 radical (unpaired) electrons. The first kappa shape index (κ1) is 15.9. The first-order chi connectivity index (χ1) is 7.92. The second-order valence-electron chi connectivity index (χ2n) is 4.75. The molecule has 0 saturated heterocycles. The monoisotopic (exact) mass is 244 g/mol. The zero-order valence-corrected chi connectivity index (χ0v) is 10.9. The van der Waals surface area contributed by atoms with Crippen LogP contribution >= 0.6 is 0 Å². The van der Waals surface area contributed by atoms with Crippen LogP contribution in [0.3, 0.4) is 0 Å². The van der Waals surface area contributed by atoms with Crippen molar-refractivity contribution in [1.29, 1.82) is 0 Å². The Morgan fingerprint density at radius 2 is 1.94 bits per heavy atom. The minimum Gasteiger partial charge on any atom is -0.480 e. The third-order valence-corrected chi connectivity index (χ3v) is 2.61. The molecule has 17 heavy (non-hydrogen) atoms. The van der Waals surface area contributed by atoms with Gasteiger partial charge in [0.2, 0.25) is 5.91 Å². The van der Waals surface area contributed by atoms with Gasteiger partial charge in [0.25, 0.3) is 0 Å². The van der Waals surface area contributed by atoms with Gasteiger partial charge in [0.15, 0.2) is 0 Å². The number of nitrogens with two attached hydrogens (primary N) is 1. The van der Waals surface area contributed by atoms with Gasteiger partial charge in [-0.15, -0.1) is 0 Å². The number of nitrogens with one attached hydrogen (secondary N) is 1. The van der Waals surface area contributed by atoms with Crippen LogP contribution in [-0.2, 0) is 9.59 Å². The van der Waals surface area contributed by atoms with E-state index in [1.54, 1.807) is 0 Å². The number of carboxylic acids is 1. The second-order valence-corrected chi connectivity index (χ2v) is 4.75. The van der Waals surface area contributed by atoms with E-state index < -0.39 is 12.0 Å². The first-order valence-electron chi connectivity index (χ1n) is 6.15. The van der Waals surface area contributed by atoms with Crippen LogP contribution in [0.15, 0.2) is 0 Å². The van der Waals surface area contributed by atoms with E-state index in [4.69, 9.17) is 10.8 Å². The number of carbonyl (C=O) groups excluding carboxylic acids is 1. The second kappa shape index (κ2) is 8.06. The number of amides is 1. The first-order valence-corrected chi connectivity index (χ1v) is 6.15. The molecule has 0 fully saturated rings. The Morgan fingerprint density at radius 3 is 2.29 bits per heavy atom. The lowest BCUT2D eigenvalue weighted by molar-refractivity contribution is -0.143. The zero-order valence-electron chi connectivity index (χ0n) is 10.9. The van der Waals surface area contributed by atoms with E-state index in [1.807, 2.05) is 20.8 Å². The fourth-order valence-corrected chi connectivity index (χ4v) is 1.69. The van der Waals surface area contributed by atoms with Crippen molar-refractivity contribution >= 4 is 11.9 Å². The molecule has 0 aliphatic heterocycles. The molecule has 4 N–H and O–H groups in total. The van der Waals surface area contributed by atoms with Gasteiger partial charge in [0, 0.05) is 6.54 Å². The molecule has 0 rings (SSSR count). The molecule has 0 aromatic rings. The van der Waals surface area contributed by atoms with Crippen molar-refractivity contribution in [3.05, 3.63) is 0 Å². The summed E-state index contributed by atoms with van der Waals surface area (Å²) in [7, 11) is 0. The van der Waals surface area contributed by atoms with Crippen LogP contribution in [0.4, 0.5) is 0 Å². The number of carbonyl (C=O) groups is 2. The summed E-state index contributed by atoms with van der Waals surface area (Å²) in [5.74, 6) is -1.30. The fourth-order valence-electron chi connectivity index (χ4n) is 1.69. The van der Waals surface area contributed by atoms with Gasteiger partial charge in [0.05, 0.1) is 5.92 Å². The van der Waals surface area contributed by atoms with Crippen molar-refractivity contribution in [3.63, 3.8) is 0 Å². The Bertz CT molecular complexity index is 254. The average molecular weight is 244 g/mol. The smallest absolute Gasteiger partial charge is 0.326 e. The van der Waals surface area contributed by atoms with E-state index in [9.17, 15) is 9.59 Å². The summed E-state index contributed by atoms with van der Waals surface area (Å²) < 4.78 is 0. The van der Waals surface area contributed by atoms with Crippen LogP contribution in [-0.4, -0.2) is 29.6 Å². The predicted octanol–water partition coefficient (Wildman–Crippen LogP) is 0.977. The molecule has 5 heteroatoms. The summed E-state index contributed by atoms with van der Waals surface area (Å²) in [6, 6.07) is -0.812. The van der Waals surface area contributed by atoms with Gasteiger partial charge in [-0.3, -0.25) is 4.79 Å². The minimum absolute atomic E-state index is 0.221. The molecule has 0 bridgehead atoms. The summed E-state index contributed by atoms with van der Waals surface area (Å²) in [6.45, 7) is 6.08. The van der Waals surface area contributed by atoms with Crippen LogP contribution in [0.2, 0.25) is 0 Å². The molecule has 2 unspecified atom stereocenters. The van der Waals surface area contributed by atoms with Gasteiger partial charge < -0.3 is 16.2 Å². The van der Waals surface area contributed by atoms with Crippen molar-refractivity contribution in [2.24, 2.45) is 17.6 Å². The Kier molecular flexibility index (Phi) is 7.54. The van der Waals surface area contributed by atoms with E-state index in [-0.39, 0.29) is 24.3 Å². The summed E-state index contributed by atoms with van der Waals surface area (Å²) in [5, 5.41) is 11.6. The molecule has 100 valence electrons. The van der Waals surface area contributed by atoms with Crippen LogP contribution in [0.5, 0.6) is 0 Å². The highest BCUT2D eigenvalue weighted by molar-refractivity contribution is 5.85. The summed E-state index contributed by atoms with van der Waals surface area (Å²) in [5.41, 5.74) is 5.50. The number of aliphatic carboxylic acids is 1. The summed E-state index contributed by atoms with van der Waals surface area (Å²) >= 11 is 0. The van der Waals surface area contributed by atoms with Crippen molar-refractivity contribution in [2.75, 3.05) is 6.54 Å². The van der Waals surface area contributed by atoms with Crippen LogP contribution < -0.4 is 11.1 Å². The lowest BCUT2D eigenvalue weighted by atomic mass is 10.00. The SMILES string of the molecule is CCCC(CN)C(=O)NC(CC(C)C)C(=O)O. The molecular formula is C12H24N2O3. The number of hydrogen-bond acceptors (Lipinski definition) is 3. The van der Waals surface area contributed by atoms with E-state index in [0.29, 0.717) is 12.8 Å². The molecule has 0 aromatic heterocycles. The normalized spacial score (nSPS) is 14.4. The molecule has 0 aliphatic rings. The Labute approximate surface area is 103 Å². The maximum absolute atomic E-state index is 11.8. The van der Waals surface area contributed by atoms with Crippen LogP contribution in [0, 0.1) is 11.8 Å². The Morgan fingerprint density at radius 1 is 1.35 bits per heavy atom. The molecule has 0 heterocycles. The van der Waals surface area contributed by atoms with Gasteiger partial charge in [-0.05, 0) is 18.8 Å². The third kappa shape index (κ3) is 6.26. The van der Waals surface area contributed by atoms with Gasteiger partial charge in [-0.1, -0.05) is 27.2 Å². The topological polar surface area (TPSA) is 92.4 Å². The van der Waals surface area contributed by atoms with E-state index >= 15 is 0 Å². The average Bonchev–Trinajstić information content (AvgIpc) is 2.23. The largest absolute Gasteiger partial charge is 0.480 e. The lowest BCUT2D eigenvalue weighted by Crippen LogP contribution is -2.45. The van der Waals surface area contributed by atoms with Crippen LogP contribution in [0.25, 0.3) is 0 Å². The highest BCUT2D eigenvalue weighted by Gasteiger charge is 2.24. The predicted molar refractivity (Wildman–Crippen MR) is 66.5 cm³/mol. The van der Waals surface area contributed by atoms with Gasteiger partial charge >= 0.3 is 5.97 Å². The highest BCUT2D eigenvalue weighted by atomic mass is 16.4. The molecule has 0 aliphatic carbocycles. The highest BCUT2D eigenvalue weighted by Crippen LogP contribution is 2.09. The zero-order chi connectivity index (χ0) is 13.4. The van der Waals surface area contributed by atoms with Crippen molar-refractivity contribution < 1.29 is 14.7 Å². The molecule has 2 atom stereocenters. The number of rotatable bonds is 8. The number of carboxylic acid groups (broad SMARTS) is 1. The van der Waals surface area contributed by atoms with E-state index in [2.05, 4.69) is 5.32 Å². The molecule has 5 nitrogen and oxygen atoms in total. The third-order valence-electron chi connectivity index (χ3n) is 2.61. The van der Waals surface area contributed by atoms with Crippen molar-refractivity contribution in [1.82, 2.24) is 5.32 Å². The van der Waals surface area contributed by atoms with Gasteiger partial charge in [-0.25, -0.2) is 4.79 Å². The fraction of sp³-hybridized carbons (Fsp3) is 0.833. The van der Waals surface area contributed by atoms with Gasteiger partial charge in [0.1, 0.15) is 6.04 Å². The Hall–Kier alpha value is -1.10. The minimum atomic E-state index is -0.987. The van der Waals surface area contributed by atoms with E-state index in [0.717, 1.165) is 6.42 Å². The standard InChI is InChI=1S/C12H24N2O3/c1-4-5-9(7-13)11(15)14-10(12(16)17)6-8(2)3/h8-10H,4-7,13H2,1-3H3,(H,14,15)(H,16,17). The molecular weight excluding hydrogens is 220 g/mol. The van der Waals surface area contributed by atoms with Gasteiger partial charge in [-0.2, -0.15) is 0 Å². The molecule has 0 spiro atoms. The van der Waals surface area contributed by atoms with Crippen LogP contribution in [0.1, 0.15) is 40.0 Å². The quantitative estimate of drug-likeness (QED) is 0.593. The van der Waals surface area contributed by atoms with Crippen molar-refractivity contribution in [2.45, 2.75) is 46.1 Å². The molecule has 0 aromatic carbocycles. The summed E-state index contributed by atoms with van der Waals surface area (Å²) in [6.07, 6.45) is 1.98. The molecule has 1 amide bonds. The number of hydrogen-bond donors (Lipinski definition) is 3.